The summed E-state index contributed by atoms with van der Waals surface area (Å²) in [5, 5.41) is 7.15. The third-order valence-corrected chi connectivity index (χ3v) is 4.39. The minimum absolute atomic E-state index is 0.0140. The van der Waals surface area contributed by atoms with E-state index in [1.807, 2.05) is 40.0 Å². The van der Waals surface area contributed by atoms with Gasteiger partial charge in [0.2, 0.25) is 0 Å². The Hall–Kier alpha value is -2.70. The molecule has 0 unspecified atom stereocenters. The Morgan fingerprint density at radius 2 is 2.00 bits per heavy atom. The van der Waals surface area contributed by atoms with Crippen LogP contribution >= 0.6 is 0 Å². The van der Waals surface area contributed by atoms with E-state index in [0.29, 0.717) is 19.6 Å². The molecule has 134 valence electrons. The van der Waals surface area contributed by atoms with Crippen molar-refractivity contribution in [2.75, 3.05) is 44.7 Å². The van der Waals surface area contributed by atoms with Crippen LogP contribution < -0.4 is 15.0 Å². The quantitative estimate of drug-likeness (QED) is 0.813. The van der Waals surface area contributed by atoms with Gasteiger partial charge in [-0.3, -0.25) is 4.68 Å². The van der Waals surface area contributed by atoms with Crippen molar-refractivity contribution in [2.45, 2.75) is 13.0 Å². The van der Waals surface area contributed by atoms with Gasteiger partial charge in [-0.15, -0.1) is 0 Å². The van der Waals surface area contributed by atoms with E-state index < -0.39 is 0 Å². The maximum atomic E-state index is 12.3. The highest BCUT2D eigenvalue weighted by Gasteiger charge is 2.22. The van der Waals surface area contributed by atoms with Crippen molar-refractivity contribution in [1.29, 1.82) is 0 Å². The van der Waals surface area contributed by atoms with E-state index in [0.717, 1.165) is 37.5 Å². The number of nitrogens with one attached hydrogen (secondary N) is 1. The molecule has 2 aromatic rings. The SMILES string of the molecule is COc1ccccc1N1CCN(C(=O)NCCCn2cccn2)CC1. The number of hydrogen-bond donors (Lipinski definition) is 1. The lowest BCUT2D eigenvalue weighted by molar-refractivity contribution is 0.194. The number of carbonyl (C=O) groups is 1. The molecule has 3 rings (SSSR count). The van der Waals surface area contributed by atoms with Crippen LogP contribution in [0.4, 0.5) is 10.5 Å². The molecule has 1 N–H and O–H groups in total. The fourth-order valence-corrected chi connectivity index (χ4v) is 3.02. The van der Waals surface area contributed by atoms with Gasteiger partial charge in [0.05, 0.1) is 12.8 Å². The van der Waals surface area contributed by atoms with E-state index in [1.165, 1.54) is 0 Å². The number of ether oxygens (including phenoxy) is 1. The van der Waals surface area contributed by atoms with Crippen molar-refractivity contribution in [2.24, 2.45) is 0 Å². The highest BCUT2D eigenvalue weighted by Crippen LogP contribution is 2.28. The van der Waals surface area contributed by atoms with Gasteiger partial charge in [0.1, 0.15) is 5.75 Å². The largest absolute Gasteiger partial charge is 0.495 e. The van der Waals surface area contributed by atoms with Crippen LogP contribution in [0.2, 0.25) is 0 Å². The maximum absolute atomic E-state index is 12.3. The number of urea groups is 1. The van der Waals surface area contributed by atoms with Crippen LogP contribution in [0.25, 0.3) is 0 Å². The summed E-state index contributed by atoms with van der Waals surface area (Å²) in [5.74, 6) is 0.874. The maximum Gasteiger partial charge on any atom is 0.317 e. The summed E-state index contributed by atoms with van der Waals surface area (Å²) < 4.78 is 7.30. The summed E-state index contributed by atoms with van der Waals surface area (Å²) in [6.07, 6.45) is 4.56. The Morgan fingerprint density at radius 3 is 2.72 bits per heavy atom. The van der Waals surface area contributed by atoms with Gasteiger partial charge >= 0.3 is 6.03 Å². The van der Waals surface area contributed by atoms with Gasteiger partial charge in [-0.2, -0.15) is 5.10 Å². The molecule has 1 aromatic heterocycles. The lowest BCUT2D eigenvalue weighted by Crippen LogP contribution is -2.52. The summed E-state index contributed by atoms with van der Waals surface area (Å²) in [4.78, 5) is 16.4. The van der Waals surface area contributed by atoms with E-state index >= 15 is 0 Å². The molecule has 1 saturated heterocycles. The zero-order valence-corrected chi connectivity index (χ0v) is 14.6. The average Bonchev–Trinajstić information content (AvgIpc) is 3.18. The Morgan fingerprint density at radius 1 is 1.20 bits per heavy atom. The standard InChI is InChI=1S/C18H25N5O2/c1-25-17-7-3-2-6-16(17)21-12-14-22(15-13-21)18(24)19-8-4-10-23-11-5-9-20-23/h2-3,5-7,9,11H,4,8,10,12-15H2,1H3,(H,19,24). The van der Waals surface area contributed by atoms with Crippen LogP contribution in [0.15, 0.2) is 42.7 Å². The highest BCUT2D eigenvalue weighted by molar-refractivity contribution is 5.74. The first-order valence-corrected chi connectivity index (χ1v) is 8.66. The predicted molar refractivity (Wildman–Crippen MR) is 97.0 cm³/mol. The van der Waals surface area contributed by atoms with Gasteiger partial charge in [-0.1, -0.05) is 12.1 Å². The van der Waals surface area contributed by atoms with Gasteiger partial charge in [0.25, 0.3) is 0 Å². The number of hydrogen-bond acceptors (Lipinski definition) is 4. The monoisotopic (exact) mass is 343 g/mol. The van der Waals surface area contributed by atoms with Crippen LogP contribution in [-0.2, 0) is 6.54 Å². The van der Waals surface area contributed by atoms with E-state index in [1.54, 1.807) is 13.3 Å². The smallest absolute Gasteiger partial charge is 0.317 e. The molecule has 1 aromatic carbocycles. The third kappa shape index (κ3) is 4.43. The summed E-state index contributed by atoms with van der Waals surface area (Å²) in [5.41, 5.74) is 1.09. The number of para-hydroxylation sites is 2. The van der Waals surface area contributed by atoms with E-state index in [2.05, 4.69) is 21.4 Å². The summed E-state index contributed by atoms with van der Waals surface area (Å²) >= 11 is 0. The molecule has 1 fully saturated rings. The van der Waals surface area contributed by atoms with Crippen LogP contribution in [0.3, 0.4) is 0 Å². The molecule has 0 bridgehead atoms. The van der Waals surface area contributed by atoms with E-state index in [4.69, 9.17) is 4.74 Å². The molecular weight excluding hydrogens is 318 g/mol. The number of methoxy groups -OCH3 is 1. The number of rotatable bonds is 6. The van der Waals surface area contributed by atoms with E-state index in [-0.39, 0.29) is 6.03 Å². The number of amides is 2. The Balaban J connectivity index is 1.41. The fraction of sp³-hybridized carbons (Fsp3) is 0.444. The average molecular weight is 343 g/mol. The topological polar surface area (TPSA) is 62.6 Å². The molecular formula is C18H25N5O2. The Bertz CT molecular complexity index is 666. The Labute approximate surface area is 148 Å². The fourth-order valence-electron chi connectivity index (χ4n) is 3.02. The van der Waals surface area contributed by atoms with Crippen LogP contribution in [0.5, 0.6) is 5.75 Å². The number of piperazine rings is 1. The first kappa shape index (κ1) is 17.1. The minimum Gasteiger partial charge on any atom is -0.495 e. The zero-order chi connectivity index (χ0) is 17.5. The van der Waals surface area contributed by atoms with Gasteiger partial charge in [-0.25, -0.2) is 4.79 Å². The summed E-state index contributed by atoms with van der Waals surface area (Å²) in [6, 6.07) is 9.92. The molecule has 7 nitrogen and oxygen atoms in total. The lowest BCUT2D eigenvalue weighted by Gasteiger charge is -2.36. The number of carbonyl (C=O) groups excluding carboxylic acids is 1. The van der Waals surface area contributed by atoms with Crippen molar-refractivity contribution < 1.29 is 9.53 Å². The number of aryl methyl sites for hydroxylation is 1. The molecule has 1 aliphatic heterocycles. The van der Waals surface area contributed by atoms with Crippen molar-refractivity contribution in [3.63, 3.8) is 0 Å². The second kappa shape index (κ2) is 8.41. The molecule has 2 amide bonds. The van der Waals surface area contributed by atoms with Gasteiger partial charge in [0.15, 0.2) is 0 Å². The molecule has 0 aliphatic carbocycles. The molecule has 7 heteroatoms. The molecule has 0 spiro atoms. The van der Waals surface area contributed by atoms with Crippen molar-refractivity contribution in [3.05, 3.63) is 42.7 Å². The Kier molecular flexibility index (Phi) is 5.77. The number of benzene rings is 1. The van der Waals surface area contributed by atoms with Crippen molar-refractivity contribution in [3.8, 4) is 5.75 Å². The second-order valence-corrected chi connectivity index (χ2v) is 6.00. The molecule has 0 atom stereocenters. The second-order valence-electron chi connectivity index (χ2n) is 6.00. The van der Waals surface area contributed by atoms with Gasteiger partial charge in [-0.05, 0) is 24.6 Å². The molecule has 2 heterocycles. The zero-order valence-electron chi connectivity index (χ0n) is 14.6. The molecule has 25 heavy (non-hydrogen) atoms. The van der Waals surface area contributed by atoms with Crippen LogP contribution in [-0.4, -0.2) is 60.5 Å². The van der Waals surface area contributed by atoms with Crippen molar-refractivity contribution >= 4 is 11.7 Å². The lowest BCUT2D eigenvalue weighted by atomic mass is 10.2. The number of anilines is 1. The first-order valence-electron chi connectivity index (χ1n) is 8.66. The normalized spacial score (nSPS) is 14.4. The predicted octanol–water partition coefficient (Wildman–Crippen LogP) is 1.81. The number of aromatic nitrogens is 2. The highest BCUT2D eigenvalue weighted by atomic mass is 16.5. The van der Waals surface area contributed by atoms with Crippen molar-refractivity contribution in [1.82, 2.24) is 20.0 Å². The third-order valence-electron chi connectivity index (χ3n) is 4.39. The minimum atomic E-state index is 0.0140. The molecule has 0 radical (unpaired) electrons. The van der Waals surface area contributed by atoms with Crippen LogP contribution in [0, 0.1) is 0 Å². The van der Waals surface area contributed by atoms with Crippen LogP contribution in [0.1, 0.15) is 6.42 Å². The summed E-state index contributed by atoms with van der Waals surface area (Å²) in [6.45, 7) is 4.51. The van der Waals surface area contributed by atoms with E-state index in [9.17, 15) is 4.79 Å². The van der Waals surface area contributed by atoms with Gasteiger partial charge in [0, 0.05) is 51.7 Å². The molecule has 1 aliphatic rings. The first-order chi connectivity index (χ1) is 12.3. The summed E-state index contributed by atoms with van der Waals surface area (Å²) in [7, 11) is 1.69. The number of nitrogens with zero attached hydrogens (tertiary/aromatic N) is 4. The molecule has 0 saturated carbocycles. The van der Waals surface area contributed by atoms with Gasteiger partial charge < -0.3 is 19.9 Å².